The molecule has 0 aromatic heterocycles. The third kappa shape index (κ3) is 2.34. The lowest BCUT2D eigenvalue weighted by Crippen LogP contribution is -2.39. The third-order valence-electron chi connectivity index (χ3n) is 4.69. The zero-order valence-electron chi connectivity index (χ0n) is 13.2. The Bertz CT molecular complexity index is 625. The van der Waals surface area contributed by atoms with Crippen LogP contribution in [0.2, 0.25) is 0 Å². The van der Waals surface area contributed by atoms with Crippen molar-refractivity contribution < 1.29 is 9.66 Å². The number of nitro benzene ring substituents is 1. The first-order chi connectivity index (χ1) is 10.5. The molecule has 2 aliphatic rings. The maximum Gasteiger partial charge on any atom is 0.296 e. The minimum absolute atomic E-state index is 0.116. The summed E-state index contributed by atoms with van der Waals surface area (Å²) < 4.78 is 5.53. The van der Waals surface area contributed by atoms with E-state index in [2.05, 4.69) is 31.3 Å². The molecule has 0 fully saturated rings. The molecule has 0 bridgehead atoms. The molecule has 22 heavy (non-hydrogen) atoms. The highest BCUT2D eigenvalue weighted by atomic mass is 16.6. The van der Waals surface area contributed by atoms with E-state index in [0.717, 1.165) is 12.0 Å². The topological polar surface area (TPSA) is 64.4 Å². The van der Waals surface area contributed by atoms with Crippen molar-refractivity contribution in [1.82, 2.24) is 0 Å². The first kappa shape index (κ1) is 14.9. The number of allylic oxidation sites excluding steroid dienone is 2. The van der Waals surface area contributed by atoms with Crippen LogP contribution in [-0.4, -0.2) is 17.6 Å². The van der Waals surface area contributed by atoms with Gasteiger partial charge in [0.2, 0.25) is 0 Å². The third-order valence-corrected chi connectivity index (χ3v) is 4.69. The van der Waals surface area contributed by atoms with Gasteiger partial charge in [-0.15, -0.1) is 0 Å². The Morgan fingerprint density at radius 3 is 2.86 bits per heavy atom. The van der Waals surface area contributed by atoms with Gasteiger partial charge in [-0.25, -0.2) is 0 Å². The summed E-state index contributed by atoms with van der Waals surface area (Å²) in [4.78, 5) is 11.2. The highest BCUT2D eigenvalue weighted by Crippen LogP contribution is 2.50. The lowest BCUT2D eigenvalue weighted by atomic mass is 9.75. The monoisotopic (exact) mass is 302 g/mol. The second-order valence-corrected chi connectivity index (χ2v) is 6.36. The Hall–Kier alpha value is -2.04. The molecule has 3 atom stereocenters. The molecule has 0 spiro atoms. The summed E-state index contributed by atoms with van der Waals surface area (Å²) in [6.07, 6.45) is 5.41. The second-order valence-electron chi connectivity index (χ2n) is 6.36. The summed E-state index contributed by atoms with van der Waals surface area (Å²) in [6.45, 7) is 6.72. The van der Waals surface area contributed by atoms with Gasteiger partial charge in [0.15, 0.2) is 0 Å². The van der Waals surface area contributed by atoms with Crippen molar-refractivity contribution in [1.29, 1.82) is 0 Å². The SMILES string of the molecule is CCOc1cc2c(c([N+](=O)[O-])c1)N[C@H](C(C)C)[C@H]1CC=C[C@@H]21. The Balaban J connectivity index is 2.14. The van der Waals surface area contributed by atoms with E-state index < -0.39 is 0 Å². The number of nitrogens with one attached hydrogen (secondary N) is 1. The van der Waals surface area contributed by atoms with E-state index in [1.54, 1.807) is 0 Å². The smallest absolute Gasteiger partial charge is 0.296 e. The normalized spacial score (nSPS) is 25.5. The number of nitro groups is 1. The summed E-state index contributed by atoms with van der Waals surface area (Å²) in [5.41, 5.74) is 1.78. The highest BCUT2D eigenvalue weighted by Gasteiger charge is 2.41. The number of anilines is 1. The van der Waals surface area contributed by atoms with Gasteiger partial charge in [0.25, 0.3) is 5.69 Å². The largest absolute Gasteiger partial charge is 0.494 e. The first-order valence-corrected chi connectivity index (χ1v) is 7.91. The minimum atomic E-state index is -0.315. The van der Waals surface area contributed by atoms with Crippen LogP contribution in [0.15, 0.2) is 24.3 Å². The molecule has 3 rings (SSSR count). The molecule has 0 radical (unpaired) electrons. The van der Waals surface area contributed by atoms with E-state index in [1.807, 2.05) is 13.0 Å². The number of nitrogens with zero attached hydrogens (tertiary/aromatic N) is 1. The second kappa shape index (κ2) is 5.63. The van der Waals surface area contributed by atoms with Gasteiger partial charge in [-0.3, -0.25) is 10.1 Å². The molecule has 5 nitrogen and oxygen atoms in total. The van der Waals surface area contributed by atoms with Crippen molar-refractivity contribution in [2.75, 3.05) is 11.9 Å². The highest BCUT2D eigenvalue weighted by molar-refractivity contribution is 5.72. The number of ether oxygens (including phenoxy) is 1. The molecule has 1 aromatic carbocycles. The van der Waals surface area contributed by atoms with Crippen LogP contribution in [0.4, 0.5) is 11.4 Å². The van der Waals surface area contributed by atoms with E-state index in [0.29, 0.717) is 29.9 Å². The number of benzene rings is 1. The van der Waals surface area contributed by atoms with Gasteiger partial charge < -0.3 is 10.1 Å². The Morgan fingerprint density at radius 2 is 2.23 bits per heavy atom. The summed E-state index contributed by atoms with van der Waals surface area (Å²) in [5.74, 6) is 1.70. The standard InChI is InChI=1S/C17H22N2O3/c1-4-22-11-8-14-12-6-5-7-13(12)16(10(2)3)18-17(14)15(9-11)19(20)21/h5-6,8-10,12-13,16,18H,4,7H2,1-3H3/t12-,13+,16-/m1/s1. The van der Waals surface area contributed by atoms with Gasteiger partial charge in [0.1, 0.15) is 11.4 Å². The quantitative estimate of drug-likeness (QED) is 0.516. The van der Waals surface area contributed by atoms with Crippen molar-refractivity contribution in [2.45, 2.75) is 39.2 Å². The molecular formula is C17H22N2O3. The van der Waals surface area contributed by atoms with Crippen LogP contribution in [0.25, 0.3) is 0 Å². The average Bonchev–Trinajstić information content (AvgIpc) is 2.95. The van der Waals surface area contributed by atoms with Crippen LogP contribution in [-0.2, 0) is 0 Å². The number of rotatable bonds is 4. The molecular weight excluding hydrogens is 280 g/mol. The Kier molecular flexibility index (Phi) is 3.81. The van der Waals surface area contributed by atoms with Crippen molar-refractivity contribution >= 4 is 11.4 Å². The molecule has 1 aliphatic carbocycles. The lowest BCUT2D eigenvalue weighted by Gasteiger charge is -2.39. The predicted octanol–water partition coefficient (Wildman–Crippen LogP) is 4.10. The van der Waals surface area contributed by atoms with E-state index in [4.69, 9.17) is 4.74 Å². The number of hydrogen-bond acceptors (Lipinski definition) is 4. The summed E-state index contributed by atoms with van der Waals surface area (Å²) in [7, 11) is 0. The maximum atomic E-state index is 11.5. The van der Waals surface area contributed by atoms with Gasteiger partial charge in [-0.2, -0.15) is 0 Å². The van der Waals surface area contributed by atoms with Crippen LogP contribution >= 0.6 is 0 Å². The van der Waals surface area contributed by atoms with E-state index in [9.17, 15) is 10.1 Å². The molecule has 118 valence electrons. The van der Waals surface area contributed by atoms with Crippen LogP contribution in [0, 0.1) is 22.0 Å². The molecule has 1 N–H and O–H groups in total. The fourth-order valence-electron chi connectivity index (χ4n) is 3.75. The van der Waals surface area contributed by atoms with Gasteiger partial charge in [-0.05, 0) is 36.8 Å². The van der Waals surface area contributed by atoms with Crippen LogP contribution in [0.1, 0.15) is 38.7 Å². The maximum absolute atomic E-state index is 11.5. The summed E-state index contributed by atoms with van der Waals surface area (Å²) >= 11 is 0. The van der Waals surface area contributed by atoms with Crippen LogP contribution in [0.5, 0.6) is 5.75 Å². The number of fused-ring (bicyclic) bond motifs is 3. The zero-order valence-corrected chi connectivity index (χ0v) is 13.2. The molecule has 5 heteroatoms. The van der Waals surface area contributed by atoms with Crippen molar-refractivity contribution in [3.63, 3.8) is 0 Å². The number of hydrogen-bond donors (Lipinski definition) is 1. The van der Waals surface area contributed by atoms with Gasteiger partial charge in [0, 0.05) is 12.0 Å². The van der Waals surface area contributed by atoms with E-state index in [1.165, 1.54) is 6.07 Å². The predicted molar refractivity (Wildman–Crippen MR) is 86.5 cm³/mol. The van der Waals surface area contributed by atoms with Crippen molar-refractivity contribution in [3.8, 4) is 5.75 Å². The lowest BCUT2D eigenvalue weighted by molar-refractivity contribution is -0.384. The van der Waals surface area contributed by atoms with E-state index >= 15 is 0 Å². The fourth-order valence-corrected chi connectivity index (χ4v) is 3.75. The van der Waals surface area contributed by atoms with E-state index in [-0.39, 0.29) is 22.6 Å². The van der Waals surface area contributed by atoms with Crippen molar-refractivity contribution in [2.24, 2.45) is 11.8 Å². The molecule has 0 amide bonds. The van der Waals surface area contributed by atoms with Crippen LogP contribution < -0.4 is 10.1 Å². The molecule has 1 aromatic rings. The molecule has 0 saturated carbocycles. The van der Waals surface area contributed by atoms with Gasteiger partial charge in [-0.1, -0.05) is 26.0 Å². The molecule has 0 unspecified atom stereocenters. The molecule has 1 aliphatic heterocycles. The molecule has 0 saturated heterocycles. The summed E-state index contributed by atoms with van der Waals surface area (Å²) in [5, 5.41) is 14.9. The van der Waals surface area contributed by atoms with Gasteiger partial charge >= 0.3 is 0 Å². The first-order valence-electron chi connectivity index (χ1n) is 7.91. The Morgan fingerprint density at radius 1 is 1.45 bits per heavy atom. The fraction of sp³-hybridized carbons (Fsp3) is 0.529. The molecule has 1 heterocycles. The zero-order chi connectivity index (χ0) is 15.9. The van der Waals surface area contributed by atoms with Gasteiger partial charge in [0.05, 0.1) is 17.6 Å². The van der Waals surface area contributed by atoms with Crippen molar-refractivity contribution in [3.05, 3.63) is 40.0 Å². The Labute approximate surface area is 130 Å². The average molecular weight is 302 g/mol. The summed E-state index contributed by atoms with van der Waals surface area (Å²) in [6, 6.07) is 3.75. The van der Waals surface area contributed by atoms with Crippen LogP contribution in [0.3, 0.4) is 0 Å². The minimum Gasteiger partial charge on any atom is -0.494 e.